The van der Waals surface area contributed by atoms with E-state index in [0.717, 1.165) is 0 Å². The van der Waals surface area contributed by atoms with Crippen LogP contribution < -0.4 is 0 Å². The molecule has 1 aliphatic carbocycles. The molecule has 0 unspecified atom stereocenters. The fraction of sp³-hybridized carbons (Fsp3) is 0.714. The van der Waals surface area contributed by atoms with Crippen molar-refractivity contribution in [2.24, 2.45) is 0 Å². The molecule has 0 spiro atoms. The Morgan fingerprint density at radius 2 is 1.43 bits per heavy atom. The zero-order chi connectivity index (χ0) is 15.0. The number of unbranched alkanes of at least 4 members (excludes halogenated alkanes) is 6. The predicted octanol–water partition coefficient (Wildman–Crippen LogP) is 6.81. The van der Waals surface area contributed by atoms with Crippen molar-refractivity contribution in [2.75, 3.05) is 0 Å². The van der Waals surface area contributed by atoms with Crippen LogP contribution in [0.15, 0.2) is 24.3 Å². The average Bonchev–Trinajstić information content (AvgIpc) is 2.88. The number of fused-ring (bicyclic) bond motifs is 1. The number of hydrogen-bond acceptors (Lipinski definition) is 0. The molecule has 0 heteroatoms. The third-order valence-corrected chi connectivity index (χ3v) is 5.48. The van der Waals surface area contributed by atoms with E-state index in [4.69, 9.17) is 0 Å². The highest BCUT2D eigenvalue weighted by Crippen LogP contribution is 2.46. The van der Waals surface area contributed by atoms with Crippen LogP contribution in [0.1, 0.15) is 95.6 Å². The maximum Gasteiger partial charge on any atom is -0.00411 e. The summed E-state index contributed by atoms with van der Waals surface area (Å²) in [4.78, 5) is 0. The molecule has 1 aliphatic rings. The quantitative estimate of drug-likeness (QED) is 0.414. The Balaban J connectivity index is 2.01. The van der Waals surface area contributed by atoms with Gasteiger partial charge >= 0.3 is 0 Å². The van der Waals surface area contributed by atoms with Crippen LogP contribution in [0.3, 0.4) is 0 Å². The van der Waals surface area contributed by atoms with Crippen molar-refractivity contribution in [1.29, 1.82) is 0 Å². The van der Waals surface area contributed by atoms with E-state index in [2.05, 4.69) is 38.1 Å². The highest BCUT2D eigenvalue weighted by Gasteiger charge is 2.37. The molecule has 21 heavy (non-hydrogen) atoms. The molecule has 0 N–H and O–H groups in total. The Labute approximate surface area is 132 Å². The van der Waals surface area contributed by atoms with Gasteiger partial charge in [0.25, 0.3) is 0 Å². The molecule has 1 aromatic rings. The van der Waals surface area contributed by atoms with Crippen molar-refractivity contribution in [1.82, 2.24) is 0 Å². The number of aryl methyl sites for hydroxylation is 1. The first-order valence-electron chi connectivity index (χ1n) is 9.41. The minimum absolute atomic E-state index is 0.526. The van der Waals surface area contributed by atoms with Crippen molar-refractivity contribution in [3.05, 3.63) is 35.4 Å². The first-order chi connectivity index (χ1) is 10.3. The predicted molar refractivity (Wildman–Crippen MR) is 94.0 cm³/mol. The van der Waals surface area contributed by atoms with Crippen molar-refractivity contribution >= 4 is 0 Å². The molecule has 0 saturated carbocycles. The summed E-state index contributed by atoms with van der Waals surface area (Å²) in [7, 11) is 0. The van der Waals surface area contributed by atoms with E-state index in [1.165, 1.54) is 77.0 Å². The van der Waals surface area contributed by atoms with Gasteiger partial charge in [0, 0.05) is 0 Å². The molecule has 0 saturated heterocycles. The fourth-order valence-electron chi connectivity index (χ4n) is 4.19. The molecule has 0 aliphatic heterocycles. The number of hydrogen-bond donors (Lipinski definition) is 0. The summed E-state index contributed by atoms with van der Waals surface area (Å²) in [5.74, 6) is 0. The van der Waals surface area contributed by atoms with Gasteiger partial charge in [-0.25, -0.2) is 0 Å². The van der Waals surface area contributed by atoms with Crippen molar-refractivity contribution in [2.45, 2.75) is 96.3 Å². The second kappa shape index (κ2) is 8.61. The SMILES string of the molecule is CCCCCCC1(CCCCCC)CCc2ccccc21. The number of benzene rings is 1. The van der Waals surface area contributed by atoms with Crippen molar-refractivity contribution in [3.8, 4) is 0 Å². The lowest BCUT2D eigenvalue weighted by molar-refractivity contribution is 0.332. The first kappa shape index (κ1) is 16.6. The van der Waals surface area contributed by atoms with Gasteiger partial charge in [-0.05, 0) is 42.2 Å². The van der Waals surface area contributed by atoms with Gasteiger partial charge < -0.3 is 0 Å². The van der Waals surface area contributed by atoms with Gasteiger partial charge in [0.15, 0.2) is 0 Å². The lowest BCUT2D eigenvalue weighted by atomic mass is 9.73. The van der Waals surface area contributed by atoms with E-state index in [1.54, 1.807) is 11.1 Å². The molecular formula is C21H34. The normalized spacial score (nSPS) is 16.1. The maximum atomic E-state index is 2.43. The summed E-state index contributed by atoms with van der Waals surface area (Å²) in [6.45, 7) is 4.62. The Kier molecular flexibility index (Phi) is 6.80. The van der Waals surface area contributed by atoms with Crippen LogP contribution in [0.25, 0.3) is 0 Å². The van der Waals surface area contributed by atoms with Crippen LogP contribution >= 0.6 is 0 Å². The summed E-state index contributed by atoms with van der Waals surface area (Å²) < 4.78 is 0. The van der Waals surface area contributed by atoms with Crippen LogP contribution in [0.2, 0.25) is 0 Å². The van der Waals surface area contributed by atoms with Gasteiger partial charge in [0.1, 0.15) is 0 Å². The zero-order valence-electron chi connectivity index (χ0n) is 14.3. The standard InChI is InChI=1S/C21H34/c1-3-5-7-11-16-21(17-12-8-6-4-2)18-15-19-13-9-10-14-20(19)21/h9-10,13-14H,3-8,11-12,15-18H2,1-2H3. The Morgan fingerprint density at radius 1 is 0.810 bits per heavy atom. The second-order valence-electron chi connectivity index (χ2n) is 7.06. The zero-order valence-corrected chi connectivity index (χ0v) is 14.3. The molecular weight excluding hydrogens is 252 g/mol. The molecule has 2 rings (SSSR count). The van der Waals surface area contributed by atoms with E-state index in [-0.39, 0.29) is 0 Å². The summed E-state index contributed by atoms with van der Waals surface area (Å²) in [6.07, 6.45) is 16.8. The van der Waals surface area contributed by atoms with E-state index >= 15 is 0 Å². The van der Waals surface area contributed by atoms with E-state index in [0.29, 0.717) is 5.41 Å². The summed E-state index contributed by atoms with van der Waals surface area (Å²) in [5.41, 5.74) is 3.87. The van der Waals surface area contributed by atoms with Crippen molar-refractivity contribution < 1.29 is 0 Å². The molecule has 118 valence electrons. The molecule has 0 heterocycles. The van der Waals surface area contributed by atoms with Gasteiger partial charge in [0.05, 0.1) is 0 Å². The average molecular weight is 287 g/mol. The van der Waals surface area contributed by atoms with E-state index in [9.17, 15) is 0 Å². The monoisotopic (exact) mass is 286 g/mol. The maximum absolute atomic E-state index is 2.43. The molecule has 0 nitrogen and oxygen atoms in total. The summed E-state index contributed by atoms with van der Waals surface area (Å²) in [6, 6.07) is 9.29. The van der Waals surface area contributed by atoms with E-state index < -0.39 is 0 Å². The van der Waals surface area contributed by atoms with Gasteiger partial charge in [-0.1, -0.05) is 89.5 Å². The Bertz CT molecular complexity index is 392. The lowest BCUT2D eigenvalue weighted by Crippen LogP contribution is -2.23. The molecule has 0 amide bonds. The molecule has 0 radical (unpaired) electrons. The smallest absolute Gasteiger partial charge is 0.00411 e. The topological polar surface area (TPSA) is 0 Å². The van der Waals surface area contributed by atoms with Crippen LogP contribution in [-0.2, 0) is 11.8 Å². The van der Waals surface area contributed by atoms with Crippen LogP contribution in [0.4, 0.5) is 0 Å². The largest absolute Gasteiger partial charge is 0.0654 e. The Hall–Kier alpha value is -0.780. The molecule has 0 fully saturated rings. The van der Waals surface area contributed by atoms with Gasteiger partial charge in [-0.3, -0.25) is 0 Å². The third-order valence-electron chi connectivity index (χ3n) is 5.48. The molecule has 0 bridgehead atoms. The fourth-order valence-corrected chi connectivity index (χ4v) is 4.19. The molecule has 0 aromatic heterocycles. The van der Waals surface area contributed by atoms with Gasteiger partial charge in [-0.15, -0.1) is 0 Å². The number of rotatable bonds is 10. The summed E-state index contributed by atoms with van der Waals surface area (Å²) >= 11 is 0. The van der Waals surface area contributed by atoms with Gasteiger partial charge in [0.2, 0.25) is 0 Å². The lowest BCUT2D eigenvalue weighted by Gasteiger charge is -2.31. The highest BCUT2D eigenvalue weighted by molar-refractivity contribution is 5.39. The third kappa shape index (κ3) is 4.34. The summed E-state index contributed by atoms with van der Waals surface area (Å²) in [5, 5.41) is 0. The molecule has 0 atom stereocenters. The first-order valence-corrected chi connectivity index (χ1v) is 9.41. The highest BCUT2D eigenvalue weighted by atomic mass is 14.4. The Morgan fingerprint density at radius 3 is 2.05 bits per heavy atom. The van der Waals surface area contributed by atoms with Crippen LogP contribution in [-0.4, -0.2) is 0 Å². The van der Waals surface area contributed by atoms with E-state index in [1.807, 2.05) is 0 Å². The minimum Gasteiger partial charge on any atom is -0.0654 e. The minimum atomic E-state index is 0.526. The second-order valence-corrected chi connectivity index (χ2v) is 7.06. The molecule has 1 aromatic carbocycles. The van der Waals surface area contributed by atoms with Crippen molar-refractivity contribution in [3.63, 3.8) is 0 Å². The van der Waals surface area contributed by atoms with Gasteiger partial charge in [-0.2, -0.15) is 0 Å². The van der Waals surface area contributed by atoms with Crippen LogP contribution in [0.5, 0.6) is 0 Å². The van der Waals surface area contributed by atoms with Crippen LogP contribution in [0, 0.1) is 0 Å².